The monoisotopic (exact) mass is 381 g/mol. The number of hydrogen-bond acceptors (Lipinski definition) is 4. The fourth-order valence-electron chi connectivity index (χ4n) is 2.93. The number of carbonyl (C=O) groups excluding carboxylic acids is 1. The molecule has 0 radical (unpaired) electrons. The Morgan fingerprint density at radius 3 is 2.89 bits per heavy atom. The molecule has 136 valence electrons. The van der Waals surface area contributed by atoms with Crippen LogP contribution in [0.4, 0.5) is 9.52 Å². The zero-order valence-electron chi connectivity index (χ0n) is 14.7. The van der Waals surface area contributed by atoms with Gasteiger partial charge in [0.2, 0.25) is 0 Å². The summed E-state index contributed by atoms with van der Waals surface area (Å²) in [5.74, 6) is 0.119. The van der Waals surface area contributed by atoms with Crippen LogP contribution < -0.4 is 10.1 Å². The number of rotatable bonds is 4. The molecule has 0 saturated carbocycles. The Morgan fingerprint density at radius 1 is 1.22 bits per heavy atom. The molecular formula is C20H16FN3O2S. The third-order valence-electron chi connectivity index (χ3n) is 4.33. The van der Waals surface area contributed by atoms with E-state index in [9.17, 15) is 9.18 Å². The van der Waals surface area contributed by atoms with Crippen LogP contribution in [-0.4, -0.2) is 22.6 Å². The Balaban J connectivity index is 1.59. The second-order valence-electron chi connectivity index (χ2n) is 6.02. The van der Waals surface area contributed by atoms with E-state index in [0.717, 1.165) is 22.4 Å². The van der Waals surface area contributed by atoms with Gasteiger partial charge in [-0.1, -0.05) is 12.1 Å². The summed E-state index contributed by atoms with van der Waals surface area (Å²) in [6, 6.07) is 13.8. The van der Waals surface area contributed by atoms with Gasteiger partial charge in [-0.2, -0.15) is 0 Å². The summed E-state index contributed by atoms with van der Waals surface area (Å²) >= 11 is 1.34. The maximum atomic E-state index is 13.5. The summed E-state index contributed by atoms with van der Waals surface area (Å²) in [6.07, 6.45) is 0. The molecule has 0 saturated heterocycles. The molecule has 0 aliphatic carbocycles. The maximum absolute atomic E-state index is 13.5. The summed E-state index contributed by atoms with van der Waals surface area (Å²) in [6.45, 7) is 0. The van der Waals surface area contributed by atoms with Crippen molar-refractivity contribution in [3.63, 3.8) is 0 Å². The first-order chi connectivity index (χ1) is 13.0. The van der Waals surface area contributed by atoms with E-state index in [1.165, 1.54) is 23.5 Å². The van der Waals surface area contributed by atoms with Crippen molar-refractivity contribution in [1.82, 2.24) is 9.55 Å². The van der Waals surface area contributed by atoms with Crippen LogP contribution in [0, 0.1) is 5.82 Å². The highest BCUT2D eigenvalue weighted by Gasteiger charge is 2.16. The van der Waals surface area contributed by atoms with Crippen molar-refractivity contribution in [2.24, 2.45) is 7.05 Å². The van der Waals surface area contributed by atoms with Gasteiger partial charge in [0.25, 0.3) is 5.91 Å². The topological polar surface area (TPSA) is 56.1 Å². The van der Waals surface area contributed by atoms with Crippen LogP contribution >= 0.6 is 11.3 Å². The Morgan fingerprint density at radius 2 is 2.07 bits per heavy atom. The number of halogens is 1. The van der Waals surface area contributed by atoms with Crippen LogP contribution in [0.1, 0.15) is 10.5 Å². The Kier molecular flexibility index (Phi) is 4.37. The molecule has 0 bridgehead atoms. The second-order valence-corrected chi connectivity index (χ2v) is 6.87. The van der Waals surface area contributed by atoms with Gasteiger partial charge in [-0.3, -0.25) is 10.1 Å². The fourth-order valence-corrected chi connectivity index (χ4v) is 3.64. The minimum Gasteiger partial charge on any atom is -0.497 e. The lowest BCUT2D eigenvalue weighted by atomic mass is 10.2. The highest BCUT2D eigenvalue weighted by molar-refractivity contribution is 7.14. The number of fused-ring (bicyclic) bond motifs is 1. The molecule has 2 aromatic carbocycles. The number of anilines is 1. The summed E-state index contributed by atoms with van der Waals surface area (Å²) < 4.78 is 20.4. The van der Waals surface area contributed by atoms with Crippen molar-refractivity contribution >= 4 is 33.3 Å². The number of nitrogens with one attached hydrogen (secondary N) is 1. The van der Waals surface area contributed by atoms with Gasteiger partial charge in [-0.05, 0) is 36.4 Å². The van der Waals surface area contributed by atoms with E-state index in [1.807, 2.05) is 29.6 Å². The van der Waals surface area contributed by atoms with E-state index in [4.69, 9.17) is 4.74 Å². The molecule has 0 unspecified atom stereocenters. The van der Waals surface area contributed by atoms with Gasteiger partial charge in [0.1, 0.15) is 17.3 Å². The van der Waals surface area contributed by atoms with E-state index >= 15 is 0 Å². The second kappa shape index (κ2) is 6.85. The van der Waals surface area contributed by atoms with E-state index in [-0.39, 0.29) is 11.7 Å². The number of carbonyl (C=O) groups is 1. The molecule has 1 N–H and O–H groups in total. The molecule has 0 atom stereocenters. The molecule has 27 heavy (non-hydrogen) atoms. The fraction of sp³-hybridized carbons (Fsp3) is 0.100. The molecule has 0 aliphatic rings. The third-order valence-corrected chi connectivity index (χ3v) is 5.09. The predicted octanol–water partition coefficient (Wildman–Crippen LogP) is 4.70. The van der Waals surface area contributed by atoms with Gasteiger partial charge in [-0.25, -0.2) is 9.37 Å². The van der Waals surface area contributed by atoms with Crippen molar-refractivity contribution in [3.05, 3.63) is 65.4 Å². The number of amides is 1. The lowest BCUT2D eigenvalue weighted by Gasteiger charge is -2.04. The SMILES string of the molecule is COc1cccc(-c2csc(NC(=O)c3cc4ccc(F)cc4n3C)n2)c1. The first kappa shape index (κ1) is 17.2. The zero-order valence-corrected chi connectivity index (χ0v) is 15.5. The van der Waals surface area contributed by atoms with Gasteiger partial charge in [0, 0.05) is 23.4 Å². The summed E-state index contributed by atoms with van der Waals surface area (Å²) in [7, 11) is 3.35. The molecular weight excluding hydrogens is 365 g/mol. The van der Waals surface area contributed by atoms with Gasteiger partial charge in [-0.15, -0.1) is 11.3 Å². The van der Waals surface area contributed by atoms with Gasteiger partial charge < -0.3 is 9.30 Å². The molecule has 4 aromatic rings. The van der Waals surface area contributed by atoms with Crippen LogP contribution in [0.15, 0.2) is 53.9 Å². The summed E-state index contributed by atoms with van der Waals surface area (Å²) in [5.41, 5.74) is 2.77. The summed E-state index contributed by atoms with van der Waals surface area (Å²) in [4.78, 5) is 17.1. The van der Waals surface area contributed by atoms with Crippen LogP contribution in [0.5, 0.6) is 5.75 Å². The molecule has 0 fully saturated rings. The normalized spacial score (nSPS) is 10.9. The molecule has 2 heterocycles. The standard InChI is InChI=1S/C20H16FN3O2S/c1-24-17-10-14(21)7-6-13(17)9-18(24)19(25)23-20-22-16(11-27-20)12-4-3-5-15(8-12)26-2/h3-11H,1-2H3,(H,22,23,25). The van der Waals surface area contributed by atoms with Crippen LogP contribution in [0.3, 0.4) is 0 Å². The highest BCUT2D eigenvalue weighted by atomic mass is 32.1. The number of thiazole rings is 1. The molecule has 0 aliphatic heterocycles. The molecule has 0 spiro atoms. The Labute approximate surface area is 159 Å². The highest BCUT2D eigenvalue weighted by Crippen LogP contribution is 2.28. The van der Waals surface area contributed by atoms with Crippen molar-refractivity contribution in [1.29, 1.82) is 0 Å². The van der Waals surface area contributed by atoms with Crippen LogP contribution in [0.2, 0.25) is 0 Å². The maximum Gasteiger partial charge on any atom is 0.274 e. The molecule has 5 nitrogen and oxygen atoms in total. The number of aromatic nitrogens is 2. The molecule has 7 heteroatoms. The Hall–Kier alpha value is -3.19. The zero-order chi connectivity index (χ0) is 19.0. The number of hydrogen-bond donors (Lipinski definition) is 1. The van der Waals surface area contributed by atoms with Gasteiger partial charge in [0.05, 0.1) is 18.3 Å². The van der Waals surface area contributed by atoms with Crippen molar-refractivity contribution < 1.29 is 13.9 Å². The first-order valence-electron chi connectivity index (χ1n) is 8.21. The van der Waals surface area contributed by atoms with E-state index < -0.39 is 0 Å². The van der Waals surface area contributed by atoms with Gasteiger partial charge in [0.15, 0.2) is 5.13 Å². The van der Waals surface area contributed by atoms with Crippen molar-refractivity contribution in [2.45, 2.75) is 0 Å². The lowest BCUT2D eigenvalue weighted by Crippen LogP contribution is -2.15. The minimum atomic E-state index is -0.335. The quantitative estimate of drug-likeness (QED) is 0.557. The predicted molar refractivity (Wildman–Crippen MR) is 105 cm³/mol. The lowest BCUT2D eigenvalue weighted by molar-refractivity contribution is 0.101. The average Bonchev–Trinajstić information content (AvgIpc) is 3.27. The smallest absolute Gasteiger partial charge is 0.274 e. The molecule has 1 amide bonds. The van der Waals surface area contributed by atoms with E-state index in [1.54, 1.807) is 30.9 Å². The van der Waals surface area contributed by atoms with Crippen molar-refractivity contribution in [2.75, 3.05) is 12.4 Å². The molecule has 2 aromatic heterocycles. The number of ether oxygens (including phenoxy) is 1. The van der Waals surface area contributed by atoms with Crippen LogP contribution in [0.25, 0.3) is 22.2 Å². The average molecular weight is 381 g/mol. The van der Waals surface area contributed by atoms with Gasteiger partial charge >= 0.3 is 0 Å². The largest absolute Gasteiger partial charge is 0.497 e. The first-order valence-corrected chi connectivity index (χ1v) is 9.09. The number of benzene rings is 2. The number of nitrogens with zero attached hydrogens (tertiary/aromatic N) is 2. The van der Waals surface area contributed by atoms with Crippen LogP contribution in [-0.2, 0) is 7.05 Å². The number of aryl methyl sites for hydroxylation is 1. The summed E-state index contributed by atoms with van der Waals surface area (Å²) in [5, 5.41) is 5.99. The third kappa shape index (κ3) is 3.29. The Bertz CT molecular complexity index is 1150. The molecule has 4 rings (SSSR count). The van der Waals surface area contributed by atoms with E-state index in [2.05, 4.69) is 10.3 Å². The minimum absolute atomic E-state index is 0.291. The van der Waals surface area contributed by atoms with Crippen molar-refractivity contribution in [3.8, 4) is 17.0 Å². The number of methoxy groups -OCH3 is 1. The van der Waals surface area contributed by atoms with E-state index in [0.29, 0.717) is 16.3 Å².